The second-order valence-corrected chi connectivity index (χ2v) is 8.95. The van der Waals surface area contributed by atoms with Crippen molar-refractivity contribution in [3.8, 4) is 17.5 Å². The molecule has 0 radical (unpaired) electrons. The van der Waals surface area contributed by atoms with Gasteiger partial charge in [-0.3, -0.25) is 9.59 Å². The van der Waals surface area contributed by atoms with Crippen molar-refractivity contribution >= 4 is 23.6 Å². The molecule has 0 aliphatic carbocycles. The third kappa shape index (κ3) is 5.33. The number of piperidine rings is 1. The van der Waals surface area contributed by atoms with Crippen LogP contribution in [0.1, 0.15) is 29.8 Å². The van der Waals surface area contributed by atoms with E-state index in [0.717, 1.165) is 34.1 Å². The maximum absolute atomic E-state index is 13.2. The summed E-state index contributed by atoms with van der Waals surface area (Å²) in [6.45, 7) is 4.85. The summed E-state index contributed by atoms with van der Waals surface area (Å²) < 4.78 is 7.33. The Labute approximate surface area is 211 Å². The average molecular weight is 483 g/mol. The number of carbonyl (C=O) groups excluding carboxylic acids is 2. The standard InChI is InChI=1S/C29H30N4O3/c1-20-17-23(21(2)33(20)26-9-11-27(36-3)12-10-26)18-24(19-30)29(35)32-15-13-22(14-16-32)28(34)31-25-7-5-4-6-8-25/h4-12,17-18,22H,13-16H2,1-3H3,(H,31,34). The number of nitrogens with zero attached hydrogens (tertiary/aromatic N) is 3. The van der Waals surface area contributed by atoms with Crippen LogP contribution in [0, 0.1) is 31.1 Å². The molecule has 0 unspecified atom stereocenters. The molecule has 1 aliphatic rings. The minimum absolute atomic E-state index is 0.0321. The fourth-order valence-electron chi connectivity index (χ4n) is 4.64. The van der Waals surface area contributed by atoms with E-state index in [1.165, 1.54) is 0 Å². The topological polar surface area (TPSA) is 87.4 Å². The summed E-state index contributed by atoms with van der Waals surface area (Å²) in [7, 11) is 1.63. The predicted molar refractivity (Wildman–Crippen MR) is 140 cm³/mol. The summed E-state index contributed by atoms with van der Waals surface area (Å²) >= 11 is 0. The van der Waals surface area contributed by atoms with Crippen molar-refractivity contribution in [3.63, 3.8) is 0 Å². The predicted octanol–water partition coefficient (Wildman–Crippen LogP) is 4.89. The first-order valence-corrected chi connectivity index (χ1v) is 12.0. The maximum Gasteiger partial charge on any atom is 0.264 e. The van der Waals surface area contributed by atoms with Gasteiger partial charge < -0.3 is 19.5 Å². The van der Waals surface area contributed by atoms with Gasteiger partial charge in [0.25, 0.3) is 5.91 Å². The number of aromatic nitrogens is 1. The van der Waals surface area contributed by atoms with E-state index in [1.807, 2.05) is 74.5 Å². The molecule has 4 rings (SSSR count). The Balaban J connectivity index is 1.44. The lowest BCUT2D eigenvalue weighted by Gasteiger charge is -2.31. The van der Waals surface area contributed by atoms with Gasteiger partial charge >= 0.3 is 0 Å². The molecule has 2 amide bonds. The van der Waals surface area contributed by atoms with Crippen molar-refractivity contribution in [1.29, 1.82) is 5.26 Å². The normalized spacial score (nSPS) is 14.3. The first kappa shape index (κ1) is 24.8. The molecule has 1 aliphatic heterocycles. The third-order valence-corrected chi connectivity index (χ3v) is 6.65. The van der Waals surface area contributed by atoms with Crippen LogP contribution < -0.4 is 10.1 Å². The molecule has 1 saturated heterocycles. The highest BCUT2D eigenvalue weighted by Gasteiger charge is 2.29. The Morgan fingerprint density at radius 2 is 1.72 bits per heavy atom. The molecule has 1 fully saturated rings. The van der Waals surface area contributed by atoms with Gasteiger partial charge in [0, 0.05) is 41.8 Å². The lowest BCUT2D eigenvalue weighted by molar-refractivity contribution is -0.130. The molecule has 7 heteroatoms. The van der Waals surface area contributed by atoms with Crippen LogP contribution in [0.2, 0.25) is 0 Å². The monoisotopic (exact) mass is 482 g/mol. The molecule has 0 atom stereocenters. The zero-order valence-electron chi connectivity index (χ0n) is 20.8. The van der Waals surface area contributed by atoms with E-state index in [1.54, 1.807) is 18.1 Å². The molecule has 3 aromatic rings. The summed E-state index contributed by atoms with van der Waals surface area (Å²) in [6, 6.07) is 21.2. The van der Waals surface area contributed by atoms with Gasteiger partial charge in [0.15, 0.2) is 0 Å². The summed E-state index contributed by atoms with van der Waals surface area (Å²) in [5.74, 6) is 0.288. The molecule has 7 nitrogen and oxygen atoms in total. The van der Waals surface area contributed by atoms with Crippen molar-refractivity contribution in [2.45, 2.75) is 26.7 Å². The fourth-order valence-corrected chi connectivity index (χ4v) is 4.64. The van der Waals surface area contributed by atoms with Gasteiger partial charge in [0.05, 0.1) is 7.11 Å². The number of hydrogen-bond donors (Lipinski definition) is 1. The molecule has 1 N–H and O–H groups in total. The lowest BCUT2D eigenvalue weighted by atomic mass is 9.95. The average Bonchev–Trinajstić information content (AvgIpc) is 3.19. The molecule has 36 heavy (non-hydrogen) atoms. The lowest BCUT2D eigenvalue weighted by Crippen LogP contribution is -2.41. The van der Waals surface area contributed by atoms with Crippen molar-refractivity contribution in [1.82, 2.24) is 9.47 Å². The molecule has 0 spiro atoms. The van der Waals surface area contributed by atoms with E-state index in [4.69, 9.17) is 4.74 Å². The van der Waals surface area contributed by atoms with Gasteiger partial charge in [0.1, 0.15) is 17.4 Å². The number of anilines is 1. The molecular formula is C29H30N4O3. The van der Waals surface area contributed by atoms with Gasteiger partial charge in [-0.1, -0.05) is 18.2 Å². The van der Waals surface area contributed by atoms with Crippen molar-refractivity contribution in [2.75, 3.05) is 25.5 Å². The number of rotatable bonds is 6. The van der Waals surface area contributed by atoms with E-state index in [-0.39, 0.29) is 23.3 Å². The number of para-hydroxylation sites is 1. The van der Waals surface area contributed by atoms with Crippen LogP contribution in [-0.2, 0) is 9.59 Å². The number of nitrogens with one attached hydrogen (secondary N) is 1. The summed E-state index contributed by atoms with van der Waals surface area (Å²) in [6.07, 6.45) is 2.79. The largest absolute Gasteiger partial charge is 0.497 e. The second kappa shape index (κ2) is 11.0. The number of nitriles is 1. The minimum Gasteiger partial charge on any atom is -0.497 e. The van der Waals surface area contributed by atoms with E-state index in [2.05, 4.69) is 16.0 Å². The molecule has 0 saturated carbocycles. The molecular weight excluding hydrogens is 452 g/mol. The van der Waals surface area contributed by atoms with E-state index < -0.39 is 0 Å². The highest BCUT2D eigenvalue weighted by atomic mass is 16.5. The number of benzene rings is 2. The van der Waals surface area contributed by atoms with Gasteiger partial charge in [-0.25, -0.2) is 0 Å². The minimum atomic E-state index is -0.298. The molecule has 0 bridgehead atoms. The number of hydrogen-bond acceptors (Lipinski definition) is 4. The summed E-state index contributed by atoms with van der Waals surface area (Å²) in [5, 5.41) is 12.7. The van der Waals surface area contributed by atoms with Crippen LogP contribution in [0.25, 0.3) is 11.8 Å². The first-order chi connectivity index (χ1) is 17.4. The van der Waals surface area contributed by atoms with E-state index in [9.17, 15) is 14.9 Å². The molecule has 2 aromatic carbocycles. The third-order valence-electron chi connectivity index (χ3n) is 6.65. The Morgan fingerprint density at radius 3 is 2.33 bits per heavy atom. The maximum atomic E-state index is 13.2. The Kier molecular flexibility index (Phi) is 7.55. The van der Waals surface area contributed by atoms with Gasteiger partial charge in [-0.15, -0.1) is 0 Å². The molecule has 1 aromatic heterocycles. The van der Waals surface area contributed by atoms with Crippen LogP contribution in [0.5, 0.6) is 5.75 Å². The fraction of sp³-hybridized carbons (Fsp3) is 0.276. The Bertz CT molecular complexity index is 1310. The van der Waals surface area contributed by atoms with Crippen LogP contribution in [0.15, 0.2) is 66.2 Å². The number of likely N-dealkylation sites (tertiary alicyclic amines) is 1. The zero-order valence-corrected chi connectivity index (χ0v) is 20.8. The van der Waals surface area contributed by atoms with Crippen molar-refractivity contribution in [2.24, 2.45) is 5.92 Å². The zero-order chi connectivity index (χ0) is 25.7. The first-order valence-electron chi connectivity index (χ1n) is 12.0. The van der Waals surface area contributed by atoms with Crippen LogP contribution in [0.4, 0.5) is 5.69 Å². The van der Waals surface area contributed by atoms with Crippen LogP contribution in [0.3, 0.4) is 0 Å². The molecule has 184 valence electrons. The van der Waals surface area contributed by atoms with Gasteiger partial charge in [-0.2, -0.15) is 5.26 Å². The van der Waals surface area contributed by atoms with Crippen LogP contribution >= 0.6 is 0 Å². The second-order valence-electron chi connectivity index (χ2n) is 8.95. The SMILES string of the molecule is COc1ccc(-n2c(C)cc(C=C(C#N)C(=O)N3CCC(C(=O)Nc4ccccc4)CC3)c2C)cc1. The van der Waals surface area contributed by atoms with Gasteiger partial charge in [0.2, 0.25) is 5.91 Å². The van der Waals surface area contributed by atoms with E-state index in [0.29, 0.717) is 25.9 Å². The number of ether oxygens (including phenoxy) is 1. The summed E-state index contributed by atoms with van der Waals surface area (Å²) in [5.41, 5.74) is 4.60. The number of methoxy groups -OCH3 is 1. The molecule has 2 heterocycles. The smallest absolute Gasteiger partial charge is 0.264 e. The van der Waals surface area contributed by atoms with Crippen LogP contribution in [-0.4, -0.2) is 41.5 Å². The van der Waals surface area contributed by atoms with Crippen molar-refractivity contribution in [3.05, 3.63) is 83.2 Å². The number of amides is 2. The summed E-state index contributed by atoms with van der Waals surface area (Å²) in [4.78, 5) is 27.4. The Morgan fingerprint density at radius 1 is 1.06 bits per heavy atom. The highest BCUT2D eigenvalue weighted by Crippen LogP contribution is 2.26. The number of carbonyl (C=O) groups is 2. The van der Waals surface area contributed by atoms with Crippen molar-refractivity contribution < 1.29 is 14.3 Å². The van der Waals surface area contributed by atoms with E-state index >= 15 is 0 Å². The Hall–Kier alpha value is -4.31. The quantitative estimate of drug-likeness (QED) is 0.400. The number of aryl methyl sites for hydroxylation is 1. The highest BCUT2D eigenvalue weighted by molar-refractivity contribution is 6.02. The van der Waals surface area contributed by atoms with Gasteiger partial charge in [-0.05, 0) is 80.8 Å².